The first-order chi connectivity index (χ1) is 12.8. The molecule has 0 aromatic carbocycles. The number of anilines is 1. The summed E-state index contributed by atoms with van der Waals surface area (Å²) in [5.74, 6) is 0.683. The highest BCUT2D eigenvalue weighted by molar-refractivity contribution is 7.13. The fraction of sp³-hybridized carbons (Fsp3) is 0.611. The number of thiazole rings is 2. The molecule has 1 aliphatic carbocycles. The van der Waals surface area contributed by atoms with Gasteiger partial charge in [-0.15, -0.1) is 22.7 Å². The summed E-state index contributed by atoms with van der Waals surface area (Å²) in [7, 11) is 0. The summed E-state index contributed by atoms with van der Waals surface area (Å²) in [6.07, 6.45) is 8.92. The maximum Gasteiger partial charge on any atom is 0.191 e. The Morgan fingerprint density at radius 1 is 1.19 bits per heavy atom. The van der Waals surface area contributed by atoms with Crippen LogP contribution in [0.4, 0.5) is 5.13 Å². The number of hydrogen-bond acceptors (Lipinski definition) is 6. The summed E-state index contributed by atoms with van der Waals surface area (Å²) >= 11 is 3.60. The van der Waals surface area contributed by atoms with Crippen molar-refractivity contribution in [3.63, 3.8) is 0 Å². The second kappa shape index (κ2) is 8.35. The maximum absolute atomic E-state index is 6.20. The lowest BCUT2D eigenvalue weighted by Gasteiger charge is -2.35. The molecule has 1 aliphatic heterocycles. The SMILES string of the molecule is NC(=NCCCc1nc2c(s1)CCCC2)N1CCN(c2nccs2)CC1. The Labute approximate surface area is 162 Å². The molecule has 0 saturated carbocycles. The van der Waals surface area contributed by atoms with E-state index in [0.29, 0.717) is 5.96 Å². The van der Waals surface area contributed by atoms with E-state index in [1.807, 2.05) is 22.9 Å². The summed E-state index contributed by atoms with van der Waals surface area (Å²) < 4.78 is 0. The van der Waals surface area contributed by atoms with Crippen LogP contribution in [0.25, 0.3) is 0 Å². The molecule has 0 spiro atoms. The molecule has 4 rings (SSSR count). The number of nitrogens with zero attached hydrogens (tertiary/aromatic N) is 5. The lowest BCUT2D eigenvalue weighted by atomic mass is 10.0. The number of nitrogens with two attached hydrogens (primary N) is 1. The van der Waals surface area contributed by atoms with Gasteiger partial charge in [0.1, 0.15) is 0 Å². The average Bonchev–Trinajstić information content (AvgIpc) is 3.34. The van der Waals surface area contributed by atoms with E-state index in [1.54, 1.807) is 11.3 Å². The zero-order valence-corrected chi connectivity index (χ0v) is 16.7. The number of hydrogen-bond donors (Lipinski definition) is 1. The first-order valence-electron chi connectivity index (χ1n) is 9.46. The second-order valence-corrected chi connectivity index (χ2v) is 8.86. The molecule has 140 valence electrons. The topological polar surface area (TPSA) is 70.6 Å². The number of aromatic nitrogens is 2. The number of piperazine rings is 1. The van der Waals surface area contributed by atoms with Crippen LogP contribution in [-0.4, -0.2) is 53.6 Å². The maximum atomic E-state index is 6.20. The van der Waals surface area contributed by atoms with E-state index in [2.05, 4.69) is 19.8 Å². The van der Waals surface area contributed by atoms with Crippen molar-refractivity contribution in [2.24, 2.45) is 10.7 Å². The molecule has 0 atom stereocenters. The van der Waals surface area contributed by atoms with Crippen molar-refractivity contribution in [1.82, 2.24) is 14.9 Å². The molecule has 2 N–H and O–H groups in total. The Morgan fingerprint density at radius 3 is 2.81 bits per heavy atom. The van der Waals surface area contributed by atoms with Crippen LogP contribution in [0, 0.1) is 0 Å². The molecule has 1 saturated heterocycles. The Kier molecular flexibility index (Phi) is 5.69. The van der Waals surface area contributed by atoms with E-state index >= 15 is 0 Å². The van der Waals surface area contributed by atoms with Crippen molar-refractivity contribution in [3.05, 3.63) is 27.2 Å². The highest BCUT2D eigenvalue weighted by Crippen LogP contribution is 2.27. The highest BCUT2D eigenvalue weighted by Gasteiger charge is 2.19. The van der Waals surface area contributed by atoms with Crippen LogP contribution in [-0.2, 0) is 19.3 Å². The molecule has 2 aromatic rings. The summed E-state index contributed by atoms with van der Waals surface area (Å²) in [6.45, 7) is 4.51. The summed E-state index contributed by atoms with van der Waals surface area (Å²) in [6, 6.07) is 0. The van der Waals surface area contributed by atoms with E-state index in [4.69, 9.17) is 10.7 Å². The van der Waals surface area contributed by atoms with Crippen LogP contribution in [0.15, 0.2) is 16.6 Å². The monoisotopic (exact) mass is 390 g/mol. The Hall–Kier alpha value is -1.67. The molecular weight excluding hydrogens is 364 g/mol. The van der Waals surface area contributed by atoms with Gasteiger partial charge in [0.25, 0.3) is 0 Å². The molecule has 0 bridgehead atoms. The third-order valence-electron chi connectivity index (χ3n) is 5.01. The molecule has 2 aliphatic rings. The molecule has 0 amide bonds. The molecular formula is C18H26N6S2. The Balaban J connectivity index is 1.21. The van der Waals surface area contributed by atoms with Crippen molar-refractivity contribution in [1.29, 1.82) is 0 Å². The van der Waals surface area contributed by atoms with Crippen molar-refractivity contribution in [2.75, 3.05) is 37.6 Å². The normalized spacial score (nSPS) is 18.2. The summed E-state index contributed by atoms with van der Waals surface area (Å²) in [5.41, 5.74) is 7.56. The standard InChI is InChI=1S/C18H26N6S2/c19-17(23-9-11-24(12-10-23)18-21-8-13-25-18)20-7-3-6-16-22-14-4-1-2-5-15(14)26-16/h8,13H,1-7,9-12H2,(H2,19,20). The van der Waals surface area contributed by atoms with Gasteiger partial charge in [0.2, 0.25) is 0 Å². The number of aliphatic imine (C=N–C) groups is 1. The van der Waals surface area contributed by atoms with Gasteiger partial charge in [-0.2, -0.15) is 0 Å². The predicted octanol–water partition coefficient (Wildman–Crippen LogP) is 2.55. The number of aryl methyl sites for hydroxylation is 3. The predicted molar refractivity (Wildman–Crippen MR) is 109 cm³/mol. The molecule has 0 radical (unpaired) electrons. The first kappa shape index (κ1) is 17.7. The van der Waals surface area contributed by atoms with Crippen molar-refractivity contribution in [2.45, 2.75) is 38.5 Å². The van der Waals surface area contributed by atoms with E-state index in [0.717, 1.165) is 50.7 Å². The molecule has 0 unspecified atom stereocenters. The van der Waals surface area contributed by atoms with Crippen molar-refractivity contribution in [3.8, 4) is 0 Å². The molecule has 6 nitrogen and oxygen atoms in total. The number of rotatable bonds is 5. The van der Waals surface area contributed by atoms with Gasteiger partial charge in [0.05, 0.1) is 10.7 Å². The van der Waals surface area contributed by atoms with Crippen LogP contribution < -0.4 is 10.6 Å². The van der Waals surface area contributed by atoms with Crippen molar-refractivity contribution >= 4 is 33.8 Å². The molecule has 2 aromatic heterocycles. The van der Waals surface area contributed by atoms with Gasteiger partial charge in [-0.1, -0.05) is 0 Å². The largest absolute Gasteiger partial charge is 0.370 e. The van der Waals surface area contributed by atoms with E-state index in [9.17, 15) is 0 Å². The molecule has 26 heavy (non-hydrogen) atoms. The smallest absolute Gasteiger partial charge is 0.191 e. The van der Waals surface area contributed by atoms with E-state index in [-0.39, 0.29) is 0 Å². The quantitative estimate of drug-likeness (QED) is 0.483. The third-order valence-corrected chi connectivity index (χ3v) is 7.06. The van der Waals surface area contributed by atoms with Gasteiger partial charge in [0.15, 0.2) is 11.1 Å². The van der Waals surface area contributed by atoms with Gasteiger partial charge in [0, 0.05) is 55.6 Å². The minimum atomic E-state index is 0.683. The van der Waals surface area contributed by atoms with E-state index < -0.39 is 0 Å². The minimum absolute atomic E-state index is 0.683. The second-order valence-electron chi connectivity index (χ2n) is 6.82. The highest BCUT2D eigenvalue weighted by atomic mass is 32.1. The average molecular weight is 391 g/mol. The zero-order chi connectivity index (χ0) is 17.8. The van der Waals surface area contributed by atoms with Crippen LogP contribution in [0.1, 0.15) is 34.8 Å². The van der Waals surface area contributed by atoms with Gasteiger partial charge in [-0.05, 0) is 32.1 Å². The molecule has 1 fully saturated rings. The van der Waals surface area contributed by atoms with Crippen LogP contribution in [0.5, 0.6) is 0 Å². The number of guanidine groups is 1. The first-order valence-corrected chi connectivity index (χ1v) is 11.2. The van der Waals surface area contributed by atoms with E-state index in [1.165, 1.54) is 41.3 Å². The van der Waals surface area contributed by atoms with Crippen LogP contribution in [0.2, 0.25) is 0 Å². The Morgan fingerprint density at radius 2 is 2.04 bits per heavy atom. The van der Waals surface area contributed by atoms with Crippen LogP contribution in [0.3, 0.4) is 0 Å². The molecule has 3 heterocycles. The summed E-state index contributed by atoms with van der Waals surface area (Å²) in [5, 5.41) is 4.41. The fourth-order valence-corrected chi connectivity index (χ4v) is 5.43. The minimum Gasteiger partial charge on any atom is -0.370 e. The van der Waals surface area contributed by atoms with Crippen molar-refractivity contribution < 1.29 is 0 Å². The van der Waals surface area contributed by atoms with Crippen LogP contribution >= 0.6 is 22.7 Å². The van der Waals surface area contributed by atoms with Gasteiger partial charge < -0.3 is 15.5 Å². The molecule has 8 heteroatoms. The summed E-state index contributed by atoms with van der Waals surface area (Å²) in [4.78, 5) is 19.8. The van der Waals surface area contributed by atoms with Gasteiger partial charge >= 0.3 is 0 Å². The lowest BCUT2D eigenvalue weighted by molar-refractivity contribution is 0.380. The Bertz CT molecular complexity index is 707. The third kappa shape index (κ3) is 4.17. The fourth-order valence-electron chi connectivity index (χ4n) is 3.54. The van der Waals surface area contributed by atoms with Gasteiger partial charge in [-0.3, -0.25) is 4.99 Å². The lowest BCUT2D eigenvalue weighted by Crippen LogP contribution is -2.51. The van der Waals surface area contributed by atoms with Gasteiger partial charge in [-0.25, -0.2) is 9.97 Å². The zero-order valence-electron chi connectivity index (χ0n) is 15.1. The number of fused-ring (bicyclic) bond motifs is 1.